The van der Waals surface area contributed by atoms with E-state index in [0.717, 1.165) is 4.90 Å². The maximum absolute atomic E-state index is 11.8. The molecule has 0 aromatic rings. The van der Waals surface area contributed by atoms with Crippen LogP contribution in [0.15, 0.2) is 12.2 Å². The first kappa shape index (κ1) is 19.6. The van der Waals surface area contributed by atoms with Crippen molar-refractivity contribution in [2.75, 3.05) is 27.3 Å². The van der Waals surface area contributed by atoms with Crippen molar-refractivity contribution in [3.63, 3.8) is 0 Å². The van der Waals surface area contributed by atoms with Crippen molar-refractivity contribution in [1.29, 1.82) is 0 Å². The molecule has 0 saturated heterocycles. The molecule has 22 heavy (non-hydrogen) atoms. The Bertz CT molecular complexity index is 444. The average Bonchev–Trinajstić information content (AvgIpc) is 2.42. The third-order valence-electron chi connectivity index (χ3n) is 2.45. The summed E-state index contributed by atoms with van der Waals surface area (Å²) in [5.74, 6) is -1.96. The number of rotatable bonds is 8. The maximum Gasteiger partial charge on any atom is 0.325 e. The molecule has 1 unspecified atom stereocenters. The molecule has 8 nitrogen and oxygen atoms in total. The van der Waals surface area contributed by atoms with Crippen LogP contribution < -0.4 is 0 Å². The molecule has 0 N–H and O–H groups in total. The van der Waals surface area contributed by atoms with E-state index in [4.69, 9.17) is 9.47 Å². The summed E-state index contributed by atoms with van der Waals surface area (Å²) in [5.41, 5.74) is 0. The van der Waals surface area contributed by atoms with E-state index in [1.54, 1.807) is 0 Å². The molecule has 1 atom stereocenters. The van der Waals surface area contributed by atoms with E-state index in [2.05, 4.69) is 4.74 Å². The molecular formula is C14H21NO7. The van der Waals surface area contributed by atoms with E-state index in [0.29, 0.717) is 0 Å². The number of amides is 1. The fourth-order valence-corrected chi connectivity index (χ4v) is 1.38. The maximum atomic E-state index is 11.8. The molecule has 0 bridgehead atoms. The summed E-state index contributed by atoms with van der Waals surface area (Å²) >= 11 is 0. The molecule has 0 aliphatic rings. The molecule has 0 aromatic heterocycles. The van der Waals surface area contributed by atoms with Gasteiger partial charge < -0.3 is 19.1 Å². The van der Waals surface area contributed by atoms with Crippen LogP contribution in [0.2, 0.25) is 0 Å². The van der Waals surface area contributed by atoms with E-state index < -0.39 is 29.9 Å². The van der Waals surface area contributed by atoms with Crippen molar-refractivity contribution in [1.82, 2.24) is 4.90 Å². The number of methoxy groups -OCH3 is 1. The standard InChI is InChI=1S/C14H21NO7/c1-10(16)21-8-7-12(22-11(2)17)5-6-13(18)15(3)9-14(19)20-4/h5-6,12H,7-9H2,1-4H3/b6-5+. The zero-order valence-corrected chi connectivity index (χ0v) is 13.2. The first-order valence-electron chi connectivity index (χ1n) is 6.57. The summed E-state index contributed by atoms with van der Waals surface area (Å²) in [4.78, 5) is 45.7. The Morgan fingerprint density at radius 2 is 1.77 bits per heavy atom. The molecule has 0 aliphatic heterocycles. The second kappa shape index (κ2) is 10.4. The van der Waals surface area contributed by atoms with Gasteiger partial charge >= 0.3 is 17.9 Å². The topological polar surface area (TPSA) is 99.2 Å². The zero-order valence-electron chi connectivity index (χ0n) is 13.2. The van der Waals surface area contributed by atoms with Crippen molar-refractivity contribution in [3.8, 4) is 0 Å². The van der Waals surface area contributed by atoms with Gasteiger partial charge in [-0.05, 0) is 6.08 Å². The lowest BCUT2D eigenvalue weighted by Crippen LogP contribution is -2.31. The van der Waals surface area contributed by atoms with Crippen LogP contribution >= 0.6 is 0 Å². The summed E-state index contributed by atoms with van der Waals surface area (Å²) in [6, 6.07) is 0. The number of esters is 3. The summed E-state index contributed by atoms with van der Waals surface area (Å²) in [7, 11) is 2.66. The van der Waals surface area contributed by atoms with Crippen LogP contribution in [-0.2, 0) is 33.4 Å². The fourth-order valence-electron chi connectivity index (χ4n) is 1.38. The number of hydrogen-bond acceptors (Lipinski definition) is 7. The van der Waals surface area contributed by atoms with Gasteiger partial charge in [0, 0.05) is 33.4 Å². The number of carbonyl (C=O) groups excluding carboxylic acids is 4. The van der Waals surface area contributed by atoms with Crippen molar-refractivity contribution in [3.05, 3.63) is 12.2 Å². The lowest BCUT2D eigenvalue weighted by atomic mass is 10.2. The Morgan fingerprint density at radius 3 is 2.27 bits per heavy atom. The van der Waals surface area contributed by atoms with Gasteiger partial charge in [0.15, 0.2) is 0 Å². The summed E-state index contributed by atoms with van der Waals surface area (Å²) in [6.45, 7) is 2.37. The third-order valence-corrected chi connectivity index (χ3v) is 2.45. The van der Waals surface area contributed by atoms with Gasteiger partial charge in [-0.3, -0.25) is 19.2 Å². The third kappa shape index (κ3) is 9.51. The van der Waals surface area contributed by atoms with E-state index in [9.17, 15) is 19.2 Å². The van der Waals surface area contributed by atoms with Gasteiger partial charge in [-0.1, -0.05) is 0 Å². The van der Waals surface area contributed by atoms with E-state index >= 15 is 0 Å². The number of ether oxygens (including phenoxy) is 3. The fraction of sp³-hybridized carbons (Fsp3) is 0.571. The van der Waals surface area contributed by atoms with Crippen LogP contribution in [0.5, 0.6) is 0 Å². The first-order valence-corrected chi connectivity index (χ1v) is 6.57. The number of nitrogens with zero attached hydrogens (tertiary/aromatic N) is 1. The van der Waals surface area contributed by atoms with Crippen molar-refractivity contribution in [2.45, 2.75) is 26.4 Å². The van der Waals surface area contributed by atoms with Crippen LogP contribution in [0.25, 0.3) is 0 Å². The van der Waals surface area contributed by atoms with Gasteiger partial charge in [-0.2, -0.15) is 0 Å². The highest BCUT2D eigenvalue weighted by atomic mass is 16.6. The molecule has 1 amide bonds. The molecule has 0 rings (SSSR count). The average molecular weight is 315 g/mol. The van der Waals surface area contributed by atoms with Crippen LogP contribution in [0.1, 0.15) is 20.3 Å². The van der Waals surface area contributed by atoms with Crippen molar-refractivity contribution >= 4 is 23.8 Å². The van der Waals surface area contributed by atoms with Gasteiger partial charge in [0.05, 0.1) is 13.7 Å². The highest BCUT2D eigenvalue weighted by Crippen LogP contribution is 2.03. The van der Waals surface area contributed by atoms with Crippen LogP contribution in [-0.4, -0.2) is 62.1 Å². The minimum atomic E-state index is -0.702. The molecule has 8 heteroatoms. The predicted molar refractivity (Wildman–Crippen MR) is 75.6 cm³/mol. The Labute approximate surface area is 129 Å². The molecule has 0 aliphatic carbocycles. The van der Waals surface area contributed by atoms with Crippen LogP contribution in [0.3, 0.4) is 0 Å². The molecule has 0 fully saturated rings. The Morgan fingerprint density at radius 1 is 1.14 bits per heavy atom. The monoisotopic (exact) mass is 315 g/mol. The first-order chi connectivity index (χ1) is 10.3. The normalized spacial score (nSPS) is 11.6. The van der Waals surface area contributed by atoms with Crippen LogP contribution in [0.4, 0.5) is 0 Å². The van der Waals surface area contributed by atoms with Gasteiger partial charge in [0.1, 0.15) is 12.6 Å². The van der Waals surface area contributed by atoms with Crippen molar-refractivity contribution < 1.29 is 33.4 Å². The largest absolute Gasteiger partial charge is 0.468 e. The molecule has 124 valence electrons. The lowest BCUT2D eigenvalue weighted by molar-refractivity contribution is -0.146. The van der Waals surface area contributed by atoms with E-state index in [1.807, 2.05) is 0 Å². The van der Waals surface area contributed by atoms with Gasteiger partial charge in [-0.25, -0.2) is 0 Å². The minimum Gasteiger partial charge on any atom is -0.468 e. The van der Waals surface area contributed by atoms with E-state index in [1.165, 1.54) is 40.2 Å². The highest BCUT2D eigenvalue weighted by Gasteiger charge is 2.13. The Kier molecular flexibility index (Phi) is 9.24. The van der Waals surface area contributed by atoms with Crippen LogP contribution in [0, 0.1) is 0 Å². The number of hydrogen-bond donors (Lipinski definition) is 0. The Balaban J connectivity index is 4.54. The second-order valence-corrected chi connectivity index (χ2v) is 4.41. The predicted octanol–water partition coefficient (Wildman–Crippen LogP) is 0.0589. The quantitative estimate of drug-likeness (QED) is 0.355. The number of likely N-dealkylation sites (N-methyl/N-ethyl adjacent to an activating group) is 1. The molecule has 0 saturated carbocycles. The molecule has 0 radical (unpaired) electrons. The highest BCUT2D eigenvalue weighted by molar-refractivity contribution is 5.90. The molecule has 0 aromatic carbocycles. The number of carbonyl (C=O) groups is 4. The SMILES string of the molecule is COC(=O)CN(C)C(=O)/C=C/C(CCOC(C)=O)OC(C)=O. The summed E-state index contributed by atoms with van der Waals surface area (Å²) < 4.78 is 14.2. The van der Waals surface area contributed by atoms with E-state index in [-0.39, 0.29) is 19.6 Å². The van der Waals surface area contributed by atoms with Gasteiger partial charge in [0.25, 0.3) is 0 Å². The Hall–Kier alpha value is -2.38. The second-order valence-electron chi connectivity index (χ2n) is 4.41. The molecule has 0 heterocycles. The smallest absolute Gasteiger partial charge is 0.325 e. The lowest BCUT2D eigenvalue weighted by Gasteiger charge is -2.15. The summed E-state index contributed by atoms with van der Waals surface area (Å²) in [6.07, 6.45) is 2.09. The minimum absolute atomic E-state index is 0.0593. The zero-order chi connectivity index (χ0) is 17.1. The van der Waals surface area contributed by atoms with Gasteiger partial charge in [0.2, 0.25) is 5.91 Å². The van der Waals surface area contributed by atoms with Crippen molar-refractivity contribution in [2.24, 2.45) is 0 Å². The summed E-state index contributed by atoms with van der Waals surface area (Å²) in [5, 5.41) is 0. The molecular weight excluding hydrogens is 294 g/mol. The molecule has 0 spiro atoms. The van der Waals surface area contributed by atoms with Gasteiger partial charge in [-0.15, -0.1) is 0 Å².